The molecular formula is C52H34O2. The van der Waals surface area contributed by atoms with Gasteiger partial charge in [0.2, 0.25) is 0 Å². The zero-order valence-corrected chi connectivity index (χ0v) is 30.5. The van der Waals surface area contributed by atoms with E-state index < -0.39 is 0 Å². The summed E-state index contributed by atoms with van der Waals surface area (Å²) in [6.07, 6.45) is 0. The van der Waals surface area contributed by atoms with Crippen LogP contribution in [-0.2, 0) is 10.8 Å². The third-order valence-corrected chi connectivity index (χ3v) is 13.4. The molecule has 54 heavy (non-hydrogen) atoms. The first-order valence-electron chi connectivity index (χ1n) is 19.1. The van der Waals surface area contributed by atoms with Gasteiger partial charge in [-0.05, 0) is 124 Å². The van der Waals surface area contributed by atoms with Gasteiger partial charge in [-0.1, -0.05) is 125 Å². The average Bonchev–Trinajstić information content (AvgIpc) is 3.38. The molecule has 2 aliphatic carbocycles. The summed E-state index contributed by atoms with van der Waals surface area (Å²) in [6, 6.07) is 49.5. The molecule has 0 fully saturated rings. The highest BCUT2D eigenvalue weighted by atomic mass is 16.3. The van der Waals surface area contributed by atoms with E-state index in [2.05, 4.69) is 161 Å². The Morgan fingerprint density at radius 2 is 0.685 bits per heavy atom. The third-order valence-electron chi connectivity index (χ3n) is 13.4. The summed E-state index contributed by atoms with van der Waals surface area (Å²) in [5, 5.41) is 14.6. The van der Waals surface area contributed by atoms with E-state index in [9.17, 15) is 0 Å². The SMILES string of the molecule is CC1(C)c2cc3c(cc2-c2c1cc1oc4cccc5cccc(c6cccc2c16)c54)C(C)(C)c1cc2oc4cccc5cccc(c6cccc(c1-3)c26)c54. The van der Waals surface area contributed by atoms with Gasteiger partial charge in [0.1, 0.15) is 22.3 Å². The van der Waals surface area contributed by atoms with Crippen molar-refractivity contribution in [2.24, 2.45) is 0 Å². The van der Waals surface area contributed by atoms with E-state index in [0.29, 0.717) is 0 Å². The Balaban J connectivity index is 1.14. The molecule has 254 valence electrons. The van der Waals surface area contributed by atoms with Crippen LogP contribution < -0.4 is 0 Å². The molecule has 0 atom stereocenters. The highest BCUT2D eigenvalue weighted by molar-refractivity contribution is 6.27. The Kier molecular flexibility index (Phi) is 5.07. The van der Waals surface area contributed by atoms with Crippen molar-refractivity contribution in [1.29, 1.82) is 0 Å². The highest BCUT2D eigenvalue weighted by Crippen LogP contribution is 2.60. The zero-order chi connectivity index (χ0) is 35.8. The van der Waals surface area contributed by atoms with Crippen LogP contribution in [0.2, 0.25) is 0 Å². The Morgan fingerprint density at radius 3 is 1.11 bits per heavy atom. The van der Waals surface area contributed by atoms with Crippen molar-refractivity contribution < 1.29 is 8.83 Å². The molecule has 0 saturated heterocycles. The van der Waals surface area contributed by atoms with Crippen LogP contribution in [-0.4, -0.2) is 0 Å². The van der Waals surface area contributed by atoms with Gasteiger partial charge >= 0.3 is 0 Å². The fourth-order valence-corrected chi connectivity index (χ4v) is 10.9. The molecule has 11 aromatic rings. The standard InChI is InChI=1S/C52H34O2/c1-51(2)37-23-36-38(24-35(37)47-33-19-9-17-31-29-15-5-11-27-13-7-21-41(45(27)29)53-43(49(31)33)25-39(47)51)52(3,4)40-26-44-50-32(18-10-20-34(50)48(36)40)30-16-6-12-28-14-8-22-42(54-44)46(28)30/h5-26H,1-4H3. The van der Waals surface area contributed by atoms with Gasteiger partial charge in [-0.2, -0.15) is 0 Å². The van der Waals surface area contributed by atoms with Gasteiger partial charge in [0, 0.05) is 32.4 Å². The molecule has 0 spiro atoms. The van der Waals surface area contributed by atoms with Crippen molar-refractivity contribution in [3.05, 3.63) is 156 Å². The summed E-state index contributed by atoms with van der Waals surface area (Å²) in [7, 11) is 0. The second-order valence-electron chi connectivity index (χ2n) is 16.8. The van der Waals surface area contributed by atoms with Crippen molar-refractivity contribution in [2.45, 2.75) is 38.5 Å². The number of hydrogen-bond donors (Lipinski definition) is 0. The molecule has 0 unspecified atom stereocenters. The molecule has 2 nitrogen and oxygen atoms in total. The predicted octanol–water partition coefficient (Wildman–Crippen LogP) is 14.7. The van der Waals surface area contributed by atoms with Gasteiger partial charge in [0.25, 0.3) is 0 Å². The van der Waals surface area contributed by atoms with Gasteiger partial charge in [0.05, 0.1) is 0 Å². The molecule has 0 N–H and O–H groups in total. The number of rotatable bonds is 0. The zero-order valence-electron chi connectivity index (χ0n) is 30.5. The van der Waals surface area contributed by atoms with Gasteiger partial charge in [0.15, 0.2) is 0 Å². The summed E-state index contributed by atoms with van der Waals surface area (Å²) in [5.74, 6) is 0. The van der Waals surface area contributed by atoms with Crippen LogP contribution in [0, 0.1) is 0 Å². The molecule has 9 aromatic carbocycles. The van der Waals surface area contributed by atoms with Gasteiger partial charge in [-0.25, -0.2) is 0 Å². The molecule has 0 saturated carbocycles. The molecule has 0 amide bonds. The molecule has 2 aliphatic rings. The van der Waals surface area contributed by atoms with E-state index >= 15 is 0 Å². The summed E-state index contributed by atoms with van der Waals surface area (Å²) >= 11 is 0. The maximum absolute atomic E-state index is 6.95. The molecule has 2 heteroatoms. The topological polar surface area (TPSA) is 26.3 Å². The minimum atomic E-state index is -0.244. The van der Waals surface area contributed by atoms with Crippen molar-refractivity contribution in [2.75, 3.05) is 0 Å². The smallest absolute Gasteiger partial charge is 0.136 e. The van der Waals surface area contributed by atoms with Crippen LogP contribution in [0.25, 0.3) is 109 Å². The van der Waals surface area contributed by atoms with E-state index in [4.69, 9.17) is 8.83 Å². The predicted molar refractivity (Wildman–Crippen MR) is 226 cm³/mol. The number of fused-ring (bicyclic) bond motifs is 10. The molecular weight excluding hydrogens is 657 g/mol. The second-order valence-corrected chi connectivity index (χ2v) is 16.8. The monoisotopic (exact) mass is 690 g/mol. The van der Waals surface area contributed by atoms with Crippen LogP contribution in [0.3, 0.4) is 0 Å². The van der Waals surface area contributed by atoms with Crippen LogP contribution in [0.5, 0.6) is 0 Å². The molecule has 2 heterocycles. The largest absolute Gasteiger partial charge is 0.456 e. The van der Waals surface area contributed by atoms with E-state index in [1.807, 2.05) is 0 Å². The molecule has 0 radical (unpaired) electrons. The molecule has 2 aromatic heterocycles. The first-order valence-corrected chi connectivity index (χ1v) is 19.1. The summed E-state index contributed by atoms with van der Waals surface area (Å²) in [6.45, 7) is 9.58. The van der Waals surface area contributed by atoms with Crippen molar-refractivity contribution in [3.63, 3.8) is 0 Å². The second kappa shape index (κ2) is 9.40. The highest BCUT2D eigenvalue weighted by Gasteiger charge is 2.43. The average molecular weight is 691 g/mol. The van der Waals surface area contributed by atoms with Gasteiger partial charge < -0.3 is 8.83 Å². The first-order chi connectivity index (χ1) is 26.3. The quantitative estimate of drug-likeness (QED) is 0.158. The van der Waals surface area contributed by atoms with Gasteiger partial charge in [-0.15, -0.1) is 0 Å². The summed E-state index contributed by atoms with van der Waals surface area (Å²) in [5.41, 5.74) is 14.0. The molecule has 0 aliphatic heterocycles. The van der Waals surface area contributed by atoms with Crippen LogP contribution in [0.4, 0.5) is 0 Å². The number of hydrogen-bond acceptors (Lipinski definition) is 2. The van der Waals surface area contributed by atoms with Crippen molar-refractivity contribution in [1.82, 2.24) is 0 Å². The maximum Gasteiger partial charge on any atom is 0.136 e. The lowest BCUT2D eigenvalue weighted by Crippen LogP contribution is -2.17. The van der Waals surface area contributed by atoms with E-state index in [1.54, 1.807) is 0 Å². The Bertz CT molecular complexity index is 3300. The fraction of sp³-hybridized carbons (Fsp3) is 0.115. The van der Waals surface area contributed by atoms with Gasteiger partial charge in [-0.3, -0.25) is 0 Å². The normalized spacial score (nSPS) is 15.3. The van der Waals surface area contributed by atoms with Crippen molar-refractivity contribution >= 4 is 87.0 Å². The van der Waals surface area contributed by atoms with E-state index in [1.165, 1.54) is 109 Å². The molecule has 0 bridgehead atoms. The van der Waals surface area contributed by atoms with Crippen LogP contribution in [0.15, 0.2) is 142 Å². The Hall–Kier alpha value is -6.38. The minimum absolute atomic E-state index is 0.244. The lowest BCUT2D eigenvalue weighted by molar-refractivity contribution is 0.641. The van der Waals surface area contributed by atoms with Crippen molar-refractivity contribution in [3.8, 4) is 22.3 Å². The lowest BCUT2D eigenvalue weighted by Gasteiger charge is -2.24. The molecule has 13 rings (SSSR count). The first kappa shape index (κ1) is 29.1. The van der Waals surface area contributed by atoms with E-state index in [-0.39, 0.29) is 10.8 Å². The maximum atomic E-state index is 6.95. The fourth-order valence-electron chi connectivity index (χ4n) is 10.9. The van der Waals surface area contributed by atoms with E-state index in [0.717, 1.165) is 22.3 Å². The lowest BCUT2D eigenvalue weighted by atomic mass is 9.79. The van der Waals surface area contributed by atoms with Crippen LogP contribution >= 0.6 is 0 Å². The Morgan fingerprint density at radius 1 is 0.333 bits per heavy atom. The summed E-state index contributed by atoms with van der Waals surface area (Å²) in [4.78, 5) is 0. The summed E-state index contributed by atoms with van der Waals surface area (Å²) < 4.78 is 13.9. The Labute approximate surface area is 311 Å². The number of benzene rings is 9. The van der Waals surface area contributed by atoms with Crippen LogP contribution in [0.1, 0.15) is 49.9 Å². The third kappa shape index (κ3) is 3.31. The minimum Gasteiger partial charge on any atom is -0.456 e.